The lowest BCUT2D eigenvalue weighted by Gasteiger charge is -2.34. The third-order valence-electron chi connectivity index (χ3n) is 6.18. The Bertz CT molecular complexity index is 596. The van der Waals surface area contributed by atoms with Crippen molar-refractivity contribution < 1.29 is 19.2 Å². The van der Waals surface area contributed by atoms with Gasteiger partial charge in [0.1, 0.15) is 0 Å². The first-order valence-electron chi connectivity index (χ1n) is 9.16. The van der Waals surface area contributed by atoms with Crippen LogP contribution >= 0.6 is 0 Å². The summed E-state index contributed by atoms with van der Waals surface area (Å²) >= 11 is 0. The van der Waals surface area contributed by atoms with Gasteiger partial charge in [-0.1, -0.05) is 24.4 Å². The molecule has 2 atom stereocenters. The topological polar surface area (TPSA) is 75.8 Å². The maximum atomic E-state index is 11.8. The fraction of sp³-hybridized carbons (Fsp3) is 0.778. The molecule has 1 aromatic heterocycles. The van der Waals surface area contributed by atoms with Crippen LogP contribution in [0.25, 0.3) is 0 Å². The Morgan fingerprint density at radius 3 is 2.96 bits per heavy atom. The fourth-order valence-electron chi connectivity index (χ4n) is 4.74. The molecule has 1 aromatic rings. The third kappa shape index (κ3) is 2.86. The molecule has 0 bridgehead atoms. The fourth-order valence-corrected chi connectivity index (χ4v) is 4.74. The number of carboxylic acids is 1. The molecule has 1 aliphatic carbocycles. The maximum absolute atomic E-state index is 11.8. The highest BCUT2D eigenvalue weighted by molar-refractivity contribution is 5.76. The van der Waals surface area contributed by atoms with Crippen LogP contribution in [0.5, 0.6) is 0 Å². The molecule has 0 radical (unpaired) electrons. The van der Waals surface area contributed by atoms with Crippen LogP contribution in [-0.2, 0) is 16.1 Å². The van der Waals surface area contributed by atoms with Gasteiger partial charge in [0.15, 0.2) is 5.76 Å². The van der Waals surface area contributed by atoms with Gasteiger partial charge < -0.3 is 14.4 Å². The summed E-state index contributed by atoms with van der Waals surface area (Å²) in [6, 6.07) is 2.09. The van der Waals surface area contributed by atoms with E-state index in [1.165, 1.54) is 32.1 Å². The number of fused-ring (bicyclic) bond motifs is 1. The Hall–Kier alpha value is -1.40. The van der Waals surface area contributed by atoms with Crippen molar-refractivity contribution in [2.45, 2.75) is 51.0 Å². The van der Waals surface area contributed by atoms with E-state index in [1.807, 2.05) is 0 Å². The van der Waals surface area contributed by atoms with E-state index in [1.54, 1.807) is 0 Å². The number of likely N-dealkylation sites (tertiary alicyclic amines) is 1. The molecule has 3 fully saturated rings. The van der Waals surface area contributed by atoms with Crippen molar-refractivity contribution in [3.63, 3.8) is 0 Å². The zero-order valence-corrected chi connectivity index (χ0v) is 14.1. The number of ether oxygens (including phenoxy) is 1. The normalized spacial score (nSPS) is 31.9. The summed E-state index contributed by atoms with van der Waals surface area (Å²) in [5, 5.41) is 14.0. The minimum absolute atomic E-state index is 0.0736. The van der Waals surface area contributed by atoms with E-state index in [2.05, 4.69) is 16.1 Å². The summed E-state index contributed by atoms with van der Waals surface area (Å²) in [7, 11) is 0. The van der Waals surface area contributed by atoms with Gasteiger partial charge in [0.2, 0.25) is 0 Å². The molecule has 6 nitrogen and oxygen atoms in total. The summed E-state index contributed by atoms with van der Waals surface area (Å²) in [4.78, 5) is 14.0. The number of hydrogen-bond acceptors (Lipinski definition) is 5. The van der Waals surface area contributed by atoms with Crippen LogP contribution in [0.4, 0.5) is 0 Å². The van der Waals surface area contributed by atoms with E-state index in [4.69, 9.17) is 9.26 Å². The van der Waals surface area contributed by atoms with E-state index >= 15 is 0 Å². The lowest BCUT2D eigenvalue weighted by molar-refractivity contribution is -0.157. The minimum Gasteiger partial charge on any atom is -0.481 e. The first-order valence-corrected chi connectivity index (χ1v) is 9.16. The molecule has 1 saturated carbocycles. The van der Waals surface area contributed by atoms with Crippen molar-refractivity contribution in [2.24, 2.45) is 11.3 Å². The van der Waals surface area contributed by atoms with Gasteiger partial charge in [-0.3, -0.25) is 9.69 Å². The van der Waals surface area contributed by atoms with E-state index in [0.717, 1.165) is 18.0 Å². The molecular weight excluding hydrogens is 308 g/mol. The molecule has 3 heterocycles. The molecular formula is C18H26N2O4. The van der Waals surface area contributed by atoms with Gasteiger partial charge in [-0.05, 0) is 19.3 Å². The highest BCUT2D eigenvalue weighted by Gasteiger charge is 2.53. The lowest BCUT2D eigenvalue weighted by Crippen LogP contribution is -2.44. The third-order valence-corrected chi connectivity index (χ3v) is 6.18. The number of aromatic nitrogens is 1. The zero-order chi connectivity index (χ0) is 16.6. The van der Waals surface area contributed by atoms with Crippen molar-refractivity contribution in [1.82, 2.24) is 10.1 Å². The molecule has 2 saturated heterocycles. The van der Waals surface area contributed by atoms with E-state index in [0.29, 0.717) is 38.6 Å². The maximum Gasteiger partial charge on any atom is 0.311 e. The Labute approximate surface area is 142 Å². The SMILES string of the molecule is O=C(O)[C@]12CCOC[C@H]1CN(Cc1cc(C3CCCCC3)no1)C2. The number of nitrogens with zero attached hydrogens (tertiary/aromatic N) is 2. The van der Waals surface area contributed by atoms with Crippen LogP contribution in [0.1, 0.15) is 55.9 Å². The van der Waals surface area contributed by atoms with E-state index in [-0.39, 0.29) is 5.92 Å². The molecule has 0 spiro atoms. The van der Waals surface area contributed by atoms with Gasteiger partial charge in [0.05, 0.1) is 24.3 Å². The van der Waals surface area contributed by atoms with Crippen LogP contribution in [0.3, 0.4) is 0 Å². The average Bonchev–Trinajstić information content (AvgIpc) is 3.20. The van der Waals surface area contributed by atoms with Crippen molar-refractivity contribution in [3.05, 3.63) is 17.5 Å². The summed E-state index contributed by atoms with van der Waals surface area (Å²) in [6.07, 6.45) is 6.90. The molecule has 132 valence electrons. The number of carbonyl (C=O) groups is 1. The highest BCUT2D eigenvalue weighted by Crippen LogP contribution is 2.43. The number of rotatable bonds is 4. The van der Waals surface area contributed by atoms with Gasteiger partial charge in [-0.25, -0.2) is 0 Å². The van der Waals surface area contributed by atoms with Crippen LogP contribution in [0.2, 0.25) is 0 Å². The number of aliphatic carboxylic acids is 1. The van der Waals surface area contributed by atoms with Crippen molar-refractivity contribution in [2.75, 3.05) is 26.3 Å². The second-order valence-corrected chi connectivity index (χ2v) is 7.71. The largest absolute Gasteiger partial charge is 0.481 e. The Balaban J connectivity index is 1.43. The van der Waals surface area contributed by atoms with Crippen molar-refractivity contribution >= 4 is 5.97 Å². The summed E-state index contributed by atoms with van der Waals surface area (Å²) in [5.41, 5.74) is 0.433. The van der Waals surface area contributed by atoms with E-state index in [9.17, 15) is 9.90 Å². The molecule has 4 rings (SSSR count). The number of hydrogen-bond donors (Lipinski definition) is 1. The minimum atomic E-state index is -0.682. The Morgan fingerprint density at radius 2 is 2.21 bits per heavy atom. The van der Waals surface area contributed by atoms with Crippen LogP contribution in [-0.4, -0.2) is 47.4 Å². The molecule has 6 heteroatoms. The van der Waals surface area contributed by atoms with Crippen molar-refractivity contribution in [1.29, 1.82) is 0 Å². The average molecular weight is 334 g/mol. The van der Waals surface area contributed by atoms with Gasteiger partial charge in [0, 0.05) is 37.6 Å². The van der Waals surface area contributed by atoms with E-state index < -0.39 is 11.4 Å². The molecule has 3 aliphatic rings. The predicted molar refractivity (Wildman–Crippen MR) is 86.6 cm³/mol. The first kappa shape index (κ1) is 16.1. The molecule has 1 N–H and O–H groups in total. The molecule has 0 amide bonds. The lowest BCUT2D eigenvalue weighted by atomic mass is 9.74. The molecule has 0 unspecified atom stereocenters. The summed E-state index contributed by atoms with van der Waals surface area (Å²) in [5.74, 6) is 0.787. The van der Waals surface area contributed by atoms with Gasteiger partial charge in [-0.15, -0.1) is 0 Å². The van der Waals surface area contributed by atoms with Gasteiger partial charge >= 0.3 is 5.97 Å². The molecule has 2 aliphatic heterocycles. The molecule has 24 heavy (non-hydrogen) atoms. The first-order chi connectivity index (χ1) is 11.7. The second kappa shape index (κ2) is 6.48. The second-order valence-electron chi connectivity index (χ2n) is 7.71. The smallest absolute Gasteiger partial charge is 0.311 e. The van der Waals surface area contributed by atoms with Gasteiger partial charge in [0.25, 0.3) is 0 Å². The van der Waals surface area contributed by atoms with Gasteiger partial charge in [-0.2, -0.15) is 0 Å². The molecule has 0 aromatic carbocycles. The summed E-state index contributed by atoms with van der Waals surface area (Å²) < 4.78 is 11.1. The Kier molecular flexibility index (Phi) is 4.35. The Morgan fingerprint density at radius 1 is 1.38 bits per heavy atom. The monoisotopic (exact) mass is 334 g/mol. The standard InChI is InChI=1S/C18H26N2O4/c21-17(22)18-6-7-23-11-14(18)9-20(12-18)10-15-8-16(19-24-15)13-4-2-1-3-5-13/h8,13-14H,1-7,9-12H2,(H,21,22)/t14-,18+/m1/s1. The van der Waals surface area contributed by atoms with Crippen LogP contribution < -0.4 is 0 Å². The summed E-state index contributed by atoms with van der Waals surface area (Å²) in [6.45, 7) is 3.07. The van der Waals surface area contributed by atoms with Crippen LogP contribution in [0.15, 0.2) is 10.6 Å². The number of carboxylic acid groups (broad SMARTS) is 1. The quantitative estimate of drug-likeness (QED) is 0.912. The zero-order valence-electron chi connectivity index (χ0n) is 14.1. The highest BCUT2D eigenvalue weighted by atomic mass is 16.5. The van der Waals surface area contributed by atoms with Crippen LogP contribution in [0, 0.1) is 11.3 Å². The predicted octanol–water partition coefficient (Wildman–Crippen LogP) is 2.65. The van der Waals surface area contributed by atoms with Crippen molar-refractivity contribution in [3.8, 4) is 0 Å².